The molecule has 5 unspecified atom stereocenters. The number of nitrogens with zero attached hydrogens (tertiary/aromatic N) is 2. The first-order chi connectivity index (χ1) is 20.1. The number of nitrogens with two attached hydrogens (primary N) is 1. The van der Waals surface area contributed by atoms with Gasteiger partial charge in [0.1, 0.15) is 18.1 Å². The summed E-state index contributed by atoms with van der Waals surface area (Å²) in [6.07, 6.45) is 6.15. The maximum atomic E-state index is 13.5. The van der Waals surface area contributed by atoms with Crippen LogP contribution in [0.2, 0.25) is 0 Å². The van der Waals surface area contributed by atoms with Crippen molar-refractivity contribution in [3.63, 3.8) is 0 Å². The van der Waals surface area contributed by atoms with Crippen LogP contribution < -0.4 is 21.7 Å². The van der Waals surface area contributed by atoms with E-state index >= 15 is 0 Å². The van der Waals surface area contributed by atoms with Gasteiger partial charge in [0, 0.05) is 60.1 Å². The maximum Gasteiger partial charge on any atom is 0.326 e. The summed E-state index contributed by atoms with van der Waals surface area (Å²) in [5.74, 6) is -3.61. The largest absolute Gasteiger partial charge is 0.480 e. The van der Waals surface area contributed by atoms with Gasteiger partial charge in [0.2, 0.25) is 17.7 Å². The van der Waals surface area contributed by atoms with Crippen molar-refractivity contribution in [2.75, 3.05) is 0 Å². The van der Waals surface area contributed by atoms with E-state index in [1.807, 2.05) is 24.3 Å². The third-order valence-corrected chi connectivity index (χ3v) is 6.72. The summed E-state index contributed by atoms with van der Waals surface area (Å²) >= 11 is 0. The second-order valence-corrected chi connectivity index (χ2v) is 9.92. The van der Waals surface area contributed by atoms with Crippen LogP contribution >= 0.6 is 0 Å². The number of amides is 3. The van der Waals surface area contributed by atoms with Crippen LogP contribution in [0.1, 0.15) is 23.9 Å². The normalized spacial score (nSPS) is 14.8. The highest BCUT2D eigenvalue weighted by molar-refractivity contribution is 5.95. The highest BCUT2D eigenvalue weighted by Gasteiger charge is 2.33. The van der Waals surface area contributed by atoms with Crippen molar-refractivity contribution in [2.24, 2.45) is 5.73 Å². The van der Waals surface area contributed by atoms with Crippen LogP contribution in [0.4, 0.5) is 0 Å². The Morgan fingerprint density at radius 3 is 2.12 bits per heavy atom. The SMILES string of the molecule is CC(O)C(NC(=O)C(N)Cc1cnc[nH]1)C(=O)NC(Cc1c[nH]c2ccccc12)C(=O)NC(Cc1cnc[nH]1)C(=O)O. The van der Waals surface area contributed by atoms with Crippen molar-refractivity contribution >= 4 is 34.6 Å². The average Bonchev–Trinajstić information content (AvgIpc) is 3.74. The number of fused-ring (bicyclic) bond motifs is 1. The number of hydrogen-bond acceptors (Lipinski definition) is 8. The van der Waals surface area contributed by atoms with E-state index in [1.54, 1.807) is 6.20 Å². The molecule has 0 spiro atoms. The van der Waals surface area contributed by atoms with E-state index < -0.39 is 54.0 Å². The van der Waals surface area contributed by atoms with E-state index in [4.69, 9.17) is 5.73 Å². The lowest BCUT2D eigenvalue weighted by molar-refractivity contribution is -0.142. The smallest absolute Gasteiger partial charge is 0.326 e. The Hall–Kier alpha value is -5.02. The molecule has 0 radical (unpaired) electrons. The average molecular weight is 580 g/mol. The lowest BCUT2D eigenvalue weighted by Crippen LogP contribution is -2.60. The molecule has 0 fully saturated rings. The Morgan fingerprint density at radius 2 is 1.50 bits per heavy atom. The molecule has 0 saturated heterocycles. The van der Waals surface area contributed by atoms with Gasteiger partial charge in [-0.2, -0.15) is 0 Å². The summed E-state index contributed by atoms with van der Waals surface area (Å²) < 4.78 is 0. The second kappa shape index (κ2) is 13.6. The molecule has 3 aromatic heterocycles. The first kappa shape index (κ1) is 30.0. The monoisotopic (exact) mass is 579 g/mol. The minimum absolute atomic E-state index is 0.0161. The third kappa shape index (κ3) is 7.58. The van der Waals surface area contributed by atoms with Gasteiger partial charge in [-0.1, -0.05) is 18.2 Å². The molecule has 0 aliphatic heterocycles. The number of aromatic nitrogens is 5. The Balaban J connectivity index is 1.53. The Labute approximate surface area is 239 Å². The van der Waals surface area contributed by atoms with Crippen molar-refractivity contribution in [1.29, 1.82) is 0 Å². The number of aliphatic hydroxyl groups is 1. The first-order valence-corrected chi connectivity index (χ1v) is 13.2. The van der Waals surface area contributed by atoms with E-state index in [2.05, 4.69) is 40.9 Å². The van der Waals surface area contributed by atoms with Crippen molar-refractivity contribution < 1.29 is 29.4 Å². The molecule has 0 aliphatic rings. The number of nitrogens with one attached hydrogen (secondary N) is 6. The predicted molar refractivity (Wildman–Crippen MR) is 150 cm³/mol. The fourth-order valence-corrected chi connectivity index (χ4v) is 4.47. The highest BCUT2D eigenvalue weighted by atomic mass is 16.4. The standard InChI is InChI=1S/C27H33N9O6/c1-14(37)23(36-24(38)19(28)7-16-10-29-12-32-16)26(40)34-21(6-15-9-31-20-5-3-2-4-18(15)20)25(39)35-22(27(41)42)8-17-11-30-13-33-17/h2-5,9-14,19,21-23,31,37H,6-8,28H2,1H3,(H,29,32)(H,30,33)(H,34,40)(H,35,39)(H,36,38)(H,41,42). The van der Waals surface area contributed by atoms with E-state index in [1.165, 1.54) is 32.0 Å². The molecule has 42 heavy (non-hydrogen) atoms. The van der Waals surface area contributed by atoms with Crippen LogP contribution in [0.15, 0.2) is 55.5 Å². The number of carbonyl (C=O) groups is 4. The van der Waals surface area contributed by atoms with Crippen molar-refractivity contribution in [2.45, 2.75) is 56.5 Å². The molecule has 0 saturated carbocycles. The van der Waals surface area contributed by atoms with Crippen LogP contribution in [0, 0.1) is 0 Å². The number of aromatic amines is 3. The summed E-state index contributed by atoms with van der Waals surface area (Å²) in [5.41, 5.74) is 8.57. The van der Waals surface area contributed by atoms with E-state index in [0.29, 0.717) is 17.0 Å². The molecule has 3 heterocycles. The van der Waals surface area contributed by atoms with Gasteiger partial charge in [-0.05, 0) is 18.6 Å². The second-order valence-electron chi connectivity index (χ2n) is 9.92. The van der Waals surface area contributed by atoms with Crippen LogP contribution in [-0.4, -0.2) is 89.1 Å². The molecule has 4 rings (SSSR count). The molecule has 222 valence electrons. The van der Waals surface area contributed by atoms with Crippen LogP contribution in [0.25, 0.3) is 10.9 Å². The molecule has 5 atom stereocenters. The minimum atomic E-state index is -1.45. The summed E-state index contributed by atoms with van der Waals surface area (Å²) in [4.78, 5) is 68.1. The van der Waals surface area contributed by atoms with E-state index in [0.717, 1.165) is 10.9 Å². The van der Waals surface area contributed by atoms with Gasteiger partial charge in [-0.3, -0.25) is 14.4 Å². The van der Waals surface area contributed by atoms with Gasteiger partial charge < -0.3 is 46.8 Å². The Morgan fingerprint density at radius 1 is 0.857 bits per heavy atom. The zero-order valence-corrected chi connectivity index (χ0v) is 22.7. The lowest BCUT2D eigenvalue weighted by Gasteiger charge is -2.26. The van der Waals surface area contributed by atoms with Gasteiger partial charge in [0.15, 0.2) is 0 Å². The molecular weight excluding hydrogens is 546 g/mol. The Kier molecular flexibility index (Phi) is 9.67. The summed E-state index contributed by atoms with van der Waals surface area (Å²) in [5, 5.41) is 28.4. The summed E-state index contributed by atoms with van der Waals surface area (Å²) in [6.45, 7) is 1.31. The molecule has 0 aliphatic carbocycles. The lowest BCUT2D eigenvalue weighted by atomic mass is 10.0. The molecule has 0 bridgehead atoms. The fourth-order valence-electron chi connectivity index (χ4n) is 4.47. The zero-order chi connectivity index (χ0) is 30.2. The molecule has 3 amide bonds. The van der Waals surface area contributed by atoms with Gasteiger partial charge in [0.25, 0.3) is 0 Å². The van der Waals surface area contributed by atoms with Crippen LogP contribution in [-0.2, 0) is 38.4 Å². The number of benzene rings is 1. The van der Waals surface area contributed by atoms with Crippen LogP contribution in [0.5, 0.6) is 0 Å². The summed E-state index contributed by atoms with van der Waals surface area (Å²) in [7, 11) is 0. The number of carboxylic acid groups (broad SMARTS) is 1. The highest BCUT2D eigenvalue weighted by Crippen LogP contribution is 2.19. The van der Waals surface area contributed by atoms with Gasteiger partial charge in [-0.25, -0.2) is 14.8 Å². The molecule has 10 N–H and O–H groups in total. The number of imidazole rings is 2. The number of aliphatic hydroxyl groups excluding tert-OH is 1. The number of aliphatic carboxylic acids is 1. The predicted octanol–water partition coefficient (Wildman–Crippen LogP) is -1.11. The quantitative estimate of drug-likeness (QED) is 0.0878. The Bertz CT molecular complexity index is 1500. The van der Waals surface area contributed by atoms with Gasteiger partial charge in [-0.15, -0.1) is 0 Å². The molecule has 15 nitrogen and oxygen atoms in total. The third-order valence-electron chi connectivity index (χ3n) is 6.72. The van der Waals surface area contributed by atoms with E-state index in [9.17, 15) is 29.4 Å². The number of para-hydroxylation sites is 1. The van der Waals surface area contributed by atoms with Crippen molar-refractivity contribution in [3.8, 4) is 0 Å². The first-order valence-electron chi connectivity index (χ1n) is 13.2. The zero-order valence-electron chi connectivity index (χ0n) is 22.7. The number of carbonyl (C=O) groups excluding carboxylic acids is 3. The number of H-pyrrole nitrogens is 3. The minimum Gasteiger partial charge on any atom is -0.480 e. The number of carboxylic acids is 1. The fraction of sp³-hybridized carbons (Fsp3) is 0.333. The molecular formula is C27H33N9O6. The molecule has 4 aromatic rings. The number of rotatable bonds is 14. The maximum absolute atomic E-state index is 13.5. The van der Waals surface area contributed by atoms with Crippen molar-refractivity contribution in [3.05, 3.63) is 72.5 Å². The molecule has 1 aromatic carbocycles. The van der Waals surface area contributed by atoms with Gasteiger partial charge >= 0.3 is 5.97 Å². The summed E-state index contributed by atoms with van der Waals surface area (Å²) in [6, 6.07) is 2.26. The van der Waals surface area contributed by atoms with E-state index in [-0.39, 0.29) is 19.3 Å². The molecule has 15 heteroatoms. The van der Waals surface area contributed by atoms with Gasteiger partial charge in [0.05, 0.1) is 24.8 Å². The number of hydrogen-bond donors (Lipinski definition) is 9. The topological polar surface area (TPSA) is 244 Å². The van der Waals surface area contributed by atoms with Crippen LogP contribution in [0.3, 0.4) is 0 Å². The van der Waals surface area contributed by atoms with Crippen molar-refractivity contribution in [1.82, 2.24) is 40.9 Å².